The van der Waals surface area contributed by atoms with Crippen molar-refractivity contribution in [2.75, 3.05) is 37.6 Å². The molecule has 31 heavy (non-hydrogen) atoms. The smallest absolute Gasteiger partial charge is 0.214 e. The molecule has 4 bridgehead atoms. The highest BCUT2D eigenvalue weighted by atomic mass is 19.1. The summed E-state index contributed by atoms with van der Waals surface area (Å²) < 4.78 is 15.5. The second-order valence-corrected chi connectivity index (χ2v) is 10.7. The quantitative estimate of drug-likeness (QED) is 0.666. The summed E-state index contributed by atoms with van der Waals surface area (Å²) in [5, 5.41) is 9.01. The number of pyridine rings is 1. The van der Waals surface area contributed by atoms with Crippen LogP contribution in [0.2, 0.25) is 0 Å². The summed E-state index contributed by atoms with van der Waals surface area (Å²) in [5.74, 6) is 3.28. The number of halogens is 1. The summed E-state index contributed by atoms with van der Waals surface area (Å²) in [7, 11) is 0. The Morgan fingerprint density at radius 3 is 2.35 bits per heavy atom. The second kappa shape index (κ2) is 7.84. The number of piperazine rings is 1. The summed E-state index contributed by atoms with van der Waals surface area (Å²) >= 11 is 0. The van der Waals surface area contributed by atoms with Crippen LogP contribution in [-0.4, -0.2) is 57.6 Å². The first-order valence-corrected chi connectivity index (χ1v) is 12.1. The lowest BCUT2D eigenvalue weighted by atomic mass is 9.49. The summed E-state index contributed by atoms with van der Waals surface area (Å²) in [6, 6.07) is 5.02. The lowest BCUT2D eigenvalue weighted by Crippen LogP contribution is -2.48. The molecule has 0 radical (unpaired) electrons. The summed E-state index contributed by atoms with van der Waals surface area (Å²) in [6.07, 6.45) is 11.9. The molecule has 7 rings (SSSR count). The van der Waals surface area contributed by atoms with Crippen molar-refractivity contribution in [2.24, 2.45) is 23.2 Å². The van der Waals surface area contributed by atoms with E-state index < -0.39 is 5.95 Å². The Kier molecular flexibility index (Phi) is 4.97. The molecule has 0 N–H and O–H groups in total. The number of hydrogen-bond acceptors (Lipinski definition) is 5. The molecule has 166 valence electrons. The third-order valence-electron chi connectivity index (χ3n) is 8.33. The van der Waals surface area contributed by atoms with Gasteiger partial charge in [-0.15, -0.1) is 5.10 Å². The van der Waals surface area contributed by atoms with Gasteiger partial charge >= 0.3 is 0 Å². The first-order valence-electron chi connectivity index (χ1n) is 12.1. The van der Waals surface area contributed by atoms with E-state index in [2.05, 4.69) is 36.0 Å². The van der Waals surface area contributed by atoms with E-state index in [-0.39, 0.29) is 0 Å². The van der Waals surface area contributed by atoms with Crippen LogP contribution in [0.25, 0.3) is 0 Å². The molecule has 0 amide bonds. The first-order chi connectivity index (χ1) is 15.1. The minimum atomic E-state index is -0.406. The van der Waals surface area contributed by atoms with Crippen LogP contribution in [0.1, 0.15) is 44.2 Å². The molecule has 1 aliphatic heterocycles. The standard InChI is InChI=1S/C24H33FN6/c25-22-2-1-3-23(26-22)30-8-6-29(7-9-30)5-4-21-16-31(28-27-21)17-24-13-18-10-19(14-24)12-20(11-18)15-24/h1-3,16,18-20H,4-15,17H2. The number of hydrogen-bond donors (Lipinski definition) is 0. The van der Waals surface area contributed by atoms with Crippen LogP contribution >= 0.6 is 0 Å². The number of rotatable bonds is 6. The molecule has 0 spiro atoms. The maximum Gasteiger partial charge on any atom is 0.214 e. The van der Waals surface area contributed by atoms with Gasteiger partial charge in [0.25, 0.3) is 0 Å². The van der Waals surface area contributed by atoms with Crippen molar-refractivity contribution in [3.63, 3.8) is 0 Å². The molecule has 5 fully saturated rings. The van der Waals surface area contributed by atoms with Crippen LogP contribution in [0.15, 0.2) is 24.4 Å². The molecule has 0 atom stereocenters. The van der Waals surface area contributed by atoms with E-state index in [0.717, 1.165) is 75.0 Å². The Morgan fingerprint density at radius 1 is 0.968 bits per heavy atom. The molecule has 4 saturated carbocycles. The Bertz CT molecular complexity index is 883. The minimum absolute atomic E-state index is 0.406. The van der Waals surface area contributed by atoms with Gasteiger partial charge in [-0.1, -0.05) is 11.3 Å². The van der Waals surface area contributed by atoms with E-state index >= 15 is 0 Å². The average Bonchev–Trinajstić information content (AvgIpc) is 3.18. The van der Waals surface area contributed by atoms with E-state index in [1.807, 2.05) is 6.07 Å². The predicted molar refractivity (Wildman–Crippen MR) is 117 cm³/mol. The topological polar surface area (TPSA) is 50.1 Å². The second-order valence-electron chi connectivity index (χ2n) is 10.7. The molecule has 2 aromatic rings. The summed E-state index contributed by atoms with van der Waals surface area (Å²) in [6.45, 7) is 5.78. The maximum atomic E-state index is 13.4. The van der Waals surface area contributed by atoms with Gasteiger partial charge in [0, 0.05) is 51.9 Å². The molecule has 0 unspecified atom stereocenters. The van der Waals surface area contributed by atoms with Gasteiger partial charge in [0.1, 0.15) is 5.82 Å². The van der Waals surface area contributed by atoms with Gasteiger partial charge in [-0.25, -0.2) is 4.98 Å². The fourth-order valence-electron chi connectivity index (χ4n) is 7.40. The molecular formula is C24H33FN6. The third-order valence-corrected chi connectivity index (χ3v) is 8.33. The van der Waals surface area contributed by atoms with Crippen LogP contribution in [0.3, 0.4) is 0 Å². The highest BCUT2D eigenvalue weighted by Gasteiger charge is 2.51. The van der Waals surface area contributed by atoms with Crippen molar-refractivity contribution in [3.8, 4) is 0 Å². The Hall–Kier alpha value is -2.02. The van der Waals surface area contributed by atoms with E-state index in [4.69, 9.17) is 0 Å². The van der Waals surface area contributed by atoms with Gasteiger partial charge in [0.2, 0.25) is 5.95 Å². The van der Waals surface area contributed by atoms with Crippen molar-refractivity contribution < 1.29 is 4.39 Å². The van der Waals surface area contributed by atoms with Crippen LogP contribution in [0.5, 0.6) is 0 Å². The number of nitrogens with zero attached hydrogens (tertiary/aromatic N) is 6. The summed E-state index contributed by atoms with van der Waals surface area (Å²) in [5.41, 5.74) is 1.61. The molecule has 6 nitrogen and oxygen atoms in total. The zero-order valence-corrected chi connectivity index (χ0v) is 18.3. The van der Waals surface area contributed by atoms with Gasteiger partial charge in [-0.2, -0.15) is 4.39 Å². The highest BCUT2D eigenvalue weighted by molar-refractivity contribution is 5.38. The molecule has 0 aromatic carbocycles. The fourth-order valence-corrected chi connectivity index (χ4v) is 7.40. The first kappa shape index (κ1) is 19.6. The van der Waals surface area contributed by atoms with Gasteiger partial charge < -0.3 is 4.90 Å². The Morgan fingerprint density at radius 2 is 1.68 bits per heavy atom. The third kappa shape index (κ3) is 4.09. The Labute approximate surface area is 183 Å². The maximum absolute atomic E-state index is 13.4. The van der Waals surface area contributed by atoms with Gasteiger partial charge in [-0.3, -0.25) is 9.58 Å². The number of aromatic nitrogens is 4. The monoisotopic (exact) mass is 424 g/mol. The summed E-state index contributed by atoms with van der Waals surface area (Å²) in [4.78, 5) is 8.65. The van der Waals surface area contributed by atoms with E-state index in [0.29, 0.717) is 5.41 Å². The molecule has 4 aliphatic carbocycles. The van der Waals surface area contributed by atoms with E-state index in [9.17, 15) is 4.39 Å². The van der Waals surface area contributed by atoms with Crippen molar-refractivity contribution in [2.45, 2.75) is 51.5 Å². The highest BCUT2D eigenvalue weighted by Crippen LogP contribution is 2.60. The lowest BCUT2D eigenvalue weighted by Gasteiger charge is -2.56. The van der Waals surface area contributed by atoms with Crippen molar-refractivity contribution in [1.82, 2.24) is 24.9 Å². The molecule has 3 heterocycles. The van der Waals surface area contributed by atoms with Gasteiger partial charge in [-0.05, 0) is 73.8 Å². The van der Waals surface area contributed by atoms with Crippen LogP contribution in [0, 0.1) is 29.1 Å². The van der Waals surface area contributed by atoms with Crippen LogP contribution in [0.4, 0.5) is 10.2 Å². The fraction of sp³-hybridized carbons (Fsp3) is 0.708. The van der Waals surface area contributed by atoms with Crippen molar-refractivity contribution in [3.05, 3.63) is 36.0 Å². The van der Waals surface area contributed by atoms with Crippen molar-refractivity contribution in [1.29, 1.82) is 0 Å². The van der Waals surface area contributed by atoms with E-state index in [1.54, 1.807) is 6.07 Å². The molecular weight excluding hydrogens is 391 g/mol. The van der Waals surface area contributed by atoms with Gasteiger partial charge in [0.05, 0.1) is 5.69 Å². The molecule has 2 aromatic heterocycles. The average molecular weight is 425 g/mol. The SMILES string of the molecule is Fc1cccc(N2CCN(CCc3cn(CC45CC6CC(CC(C6)C4)C5)nn3)CC2)n1. The predicted octanol–water partition coefficient (Wildman–Crippen LogP) is 3.39. The Balaban J connectivity index is 1.00. The largest absolute Gasteiger partial charge is 0.354 e. The zero-order chi connectivity index (χ0) is 20.8. The van der Waals surface area contributed by atoms with Gasteiger partial charge in [0.15, 0.2) is 0 Å². The zero-order valence-electron chi connectivity index (χ0n) is 18.3. The van der Waals surface area contributed by atoms with E-state index in [1.165, 1.54) is 44.6 Å². The van der Waals surface area contributed by atoms with Crippen LogP contribution < -0.4 is 4.90 Å². The normalized spacial score (nSPS) is 32.7. The van der Waals surface area contributed by atoms with Crippen molar-refractivity contribution >= 4 is 5.82 Å². The molecule has 5 aliphatic rings. The minimum Gasteiger partial charge on any atom is -0.354 e. The number of anilines is 1. The lowest BCUT2D eigenvalue weighted by molar-refractivity contribution is -0.0637. The molecule has 1 saturated heterocycles. The molecule has 7 heteroatoms. The van der Waals surface area contributed by atoms with Crippen LogP contribution in [-0.2, 0) is 13.0 Å².